The molecular weight excluding hydrogens is 416 g/mol. The molecule has 0 fully saturated rings. The van der Waals surface area contributed by atoms with Gasteiger partial charge in [0.05, 0.1) is 23.5 Å². The summed E-state index contributed by atoms with van der Waals surface area (Å²) >= 11 is 0. The van der Waals surface area contributed by atoms with Gasteiger partial charge in [0.15, 0.2) is 11.3 Å². The first-order chi connectivity index (χ1) is 16.2. The molecule has 4 heterocycles. The van der Waals surface area contributed by atoms with E-state index in [0.29, 0.717) is 29.9 Å². The highest BCUT2D eigenvalue weighted by molar-refractivity contribution is 5.94. The average Bonchev–Trinajstić information content (AvgIpc) is 3.43. The van der Waals surface area contributed by atoms with E-state index in [9.17, 15) is 9.59 Å². The zero-order chi connectivity index (χ0) is 22.4. The third kappa shape index (κ3) is 3.46. The molecule has 0 saturated carbocycles. The Morgan fingerprint density at radius 1 is 0.970 bits per heavy atom. The third-order valence-electron chi connectivity index (χ3n) is 6.89. The highest BCUT2D eigenvalue weighted by Crippen LogP contribution is 2.25. The van der Waals surface area contributed by atoms with Crippen molar-refractivity contribution in [1.29, 1.82) is 0 Å². The first-order valence-electron chi connectivity index (χ1n) is 11.7. The van der Waals surface area contributed by atoms with Crippen LogP contribution in [0.5, 0.6) is 0 Å². The van der Waals surface area contributed by atoms with Gasteiger partial charge in [-0.3, -0.25) is 19.8 Å². The summed E-state index contributed by atoms with van der Waals surface area (Å²) in [4.78, 5) is 33.2. The molecule has 0 spiro atoms. The molecule has 0 atom stereocenters. The van der Waals surface area contributed by atoms with Gasteiger partial charge in [0.1, 0.15) is 0 Å². The molecule has 8 nitrogen and oxygen atoms in total. The van der Waals surface area contributed by atoms with Crippen LogP contribution in [0.1, 0.15) is 58.7 Å². The zero-order valence-corrected chi connectivity index (χ0v) is 18.4. The van der Waals surface area contributed by atoms with Crippen molar-refractivity contribution in [2.45, 2.75) is 51.5 Å². The number of H-pyrrole nitrogens is 2. The van der Waals surface area contributed by atoms with Crippen molar-refractivity contribution >= 4 is 11.6 Å². The maximum atomic E-state index is 13.4. The minimum atomic E-state index is -0.146. The minimum absolute atomic E-state index is 0.0975. The first-order valence-corrected chi connectivity index (χ1v) is 11.7. The second kappa shape index (κ2) is 8.03. The fraction of sp³-hybridized carbons (Fsp3) is 0.360. The van der Waals surface area contributed by atoms with Crippen LogP contribution in [0.4, 0.5) is 0 Å². The molecule has 168 valence electrons. The second-order valence-corrected chi connectivity index (χ2v) is 8.99. The molecule has 0 bridgehead atoms. The highest BCUT2D eigenvalue weighted by Gasteiger charge is 2.29. The van der Waals surface area contributed by atoms with Crippen molar-refractivity contribution < 1.29 is 4.79 Å². The van der Waals surface area contributed by atoms with E-state index >= 15 is 0 Å². The fourth-order valence-corrected chi connectivity index (χ4v) is 5.08. The molecule has 6 rings (SSSR count). The number of benzene rings is 1. The summed E-state index contributed by atoms with van der Waals surface area (Å²) in [5.41, 5.74) is 6.32. The molecule has 1 aliphatic heterocycles. The SMILES string of the molecule is O=C(c1n[nH]c2c1CCCCCC2)N1CCc2nc3cc(-c4ccccc4)[nH]n3c(=O)c2C1. The van der Waals surface area contributed by atoms with Gasteiger partial charge in [-0.05, 0) is 31.2 Å². The predicted molar refractivity (Wildman–Crippen MR) is 124 cm³/mol. The van der Waals surface area contributed by atoms with Crippen LogP contribution >= 0.6 is 0 Å². The second-order valence-electron chi connectivity index (χ2n) is 8.99. The van der Waals surface area contributed by atoms with Crippen LogP contribution in [0.2, 0.25) is 0 Å². The minimum Gasteiger partial charge on any atom is -0.332 e. The molecular formula is C25H26N6O2. The largest absolute Gasteiger partial charge is 0.332 e. The molecule has 1 aliphatic carbocycles. The lowest BCUT2D eigenvalue weighted by Crippen LogP contribution is -2.40. The lowest BCUT2D eigenvalue weighted by Gasteiger charge is -2.27. The predicted octanol–water partition coefficient (Wildman–Crippen LogP) is 3.27. The third-order valence-corrected chi connectivity index (χ3v) is 6.89. The van der Waals surface area contributed by atoms with E-state index in [2.05, 4.69) is 15.3 Å². The van der Waals surface area contributed by atoms with E-state index in [1.54, 1.807) is 4.90 Å². The van der Waals surface area contributed by atoms with E-state index in [0.717, 1.165) is 53.9 Å². The molecule has 8 heteroatoms. The number of rotatable bonds is 2. The number of amides is 1. The topological polar surface area (TPSA) is 99.2 Å². The summed E-state index contributed by atoms with van der Waals surface area (Å²) in [5, 5.41) is 10.7. The van der Waals surface area contributed by atoms with Gasteiger partial charge in [-0.1, -0.05) is 43.2 Å². The number of nitrogens with zero attached hydrogens (tertiary/aromatic N) is 4. The van der Waals surface area contributed by atoms with E-state index < -0.39 is 0 Å². The number of nitrogens with one attached hydrogen (secondary N) is 2. The van der Waals surface area contributed by atoms with Gasteiger partial charge in [0.2, 0.25) is 0 Å². The zero-order valence-electron chi connectivity index (χ0n) is 18.4. The number of fused-ring (bicyclic) bond motifs is 3. The van der Waals surface area contributed by atoms with Gasteiger partial charge < -0.3 is 4.90 Å². The average molecular weight is 443 g/mol. The van der Waals surface area contributed by atoms with Crippen LogP contribution in [0.15, 0.2) is 41.2 Å². The van der Waals surface area contributed by atoms with Crippen LogP contribution < -0.4 is 5.56 Å². The Labute approximate surface area is 190 Å². The van der Waals surface area contributed by atoms with Crippen molar-refractivity contribution in [2.24, 2.45) is 0 Å². The van der Waals surface area contributed by atoms with E-state index in [1.807, 2.05) is 36.4 Å². The van der Waals surface area contributed by atoms with Crippen molar-refractivity contribution in [2.75, 3.05) is 6.54 Å². The Hall–Kier alpha value is -3.68. The van der Waals surface area contributed by atoms with Gasteiger partial charge in [0.25, 0.3) is 11.5 Å². The van der Waals surface area contributed by atoms with Crippen molar-refractivity contribution in [1.82, 2.24) is 29.7 Å². The van der Waals surface area contributed by atoms with Crippen molar-refractivity contribution in [3.63, 3.8) is 0 Å². The molecule has 2 aliphatic rings. The number of aryl methyl sites for hydroxylation is 1. The van der Waals surface area contributed by atoms with Crippen LogP contribution in [0.25, 0.3) is 16.9 Å². The number of hydrogen-bond acceptors (Lipinski definition) is 4. The molecule has 33 heavy (non-hydrogen) atoms. The summed E-state index contributed by atoms with van der Waals surface area (Å²) in [6, 6.07) is 11.8. The van der Waals surface area contributed by atoms with Gasteiger partial charge in [-0.25, -0.2) is 9.50 Å². The summed E-state index contributed by atoms with van der Waals surface area (Å²) in [6.45, 7) is 0.788. The van der Waals surface area contributed by atoms with Gasteiger partial charge in [0, 0.05) is 30.3 Å². The Morgan fingerprint density at radius 2 is 1.79 bits per heavy atom. The number of carbonyl (C=O) groups is 1. The monoisotopic (exact) mass is 442 g/mol. The van der Waals surface area contributed by atoms with Crippen molar-refractivity contribution in [3.8, 4) is 11.3 Å². The molecule has 2 N–H and O–H groups in total. The number of carbonyl (C=O) groups excluding carboxylic acids is 1. The standard InChI is InChI=1S/C25H26N6O2/c32-24-18-15-30(25(33)23-17-10-6-1-2-7-11-20(17)27-28-23)13-12-19(18)26-22-14-21(29-31(22)24)16-8-4-3-5-9-16/h3-5,8-9,14,29H,1-2,6-7,10-13,15H2,(H,27,28). The molecule has 0 radical (unpaired) electrons. The van der Waals surface area contributed by atoms with Crippen LogP contribution in [-0.2, 0) is 25.8 Å². The number of hydrogen-bond donors (Lipinski definition) is 2. The van der Waals surface area contributed by atoms with E-state index in [4.69, 9.17) is 4.98 Å². The fourth-order valence-electron chi connectivity index (χ4n) is 5.08. The maximum Gasteiger partial charge on any atom is 0.277 e. The van der Waals surface area contributed by atoms with Crippen molar-refractivity contribution in [3.05, 3.63) is 75.0 Å². The van der Waals surface area contributed by atoms with Gasteiger partial charge in [-0.2, -0.15) is 5.10 Å². The summed E-state index contributed by atoms with van der Waals surface area (Å²) < 4.78 is 1.49. The smallest absolute Gasteiger partial charge is 0.277 e. The molecule has 3 aromatic heterocycles. The molecule has 0 saturated heterocycles. The van der Waals surface area contributed by atoms with Crippen LogP contribution in [0.3, 0.4) is 0 Å². The van der Waals surface area contributed by atoms with Gasteiger partial charge in [-0.15, -0.1) is 0 Å². The quantitative estimate of drug-likeness (QED) is 0.498. The first kappa shape index (κ1) is 20.0. The summed E-state index contributed by atoms with van der Waals surface area (Å²) in [7, 11) is 0. The lowest BCUT2D eigenvalue weighted by molar-refractivity contribution is 0.0725. The molecule has 1 aromatic carbocycles. The van der Waals surface area contributed by atoms with Crippen LogP contribution in [-0.4, -0.2) is 42.1 Å². The Balaban J connectivity index is 1.32. The maximum absolute atomic E-state index is 13.4. The number of aromatic amines is 2. The number of aromatic nitrogens is 5. The molecule has 0 unspecified atom stereocenters. The lowest BCUT2D eigenvalue weighted by atomic mass is 9.96. The normalized spacial score (nSPS) is 16.2. The Bertz CT molecular complexity index is 1400. The highest BCUT2D eigenvalue weighted by atomic mass is 16.2. The van der Waals surface area contributed by atoms with E-state index in [1.165, 1.54) is 17.4 Å². The Morgan fingerprint density at radius 3 is 2.64 bits per heavy atom. The summed E-state index contributed by atoms with van der Waals surface area (Å²) in [6.07, 6.45) is 7.00. The van der Waals surface area contributed by atoms with E-state index in [-0.39, 0.29) is 18.0 Å². The summed E-state index contributed by atoms with van der Waals surface area (Å²) in [5.74, 6) is -0.0975. The van der Waals surface area contributed by atoms with Crippen LogP contribution in [0, 0.1) is 0 Å². The van der Waals surface area contributed by atoms with Gasteiger partial charge >= 0.3 is 0 Å². The molecule has 1 amide bonds. The molecule has 4 aromatic rings. The Kier molecular flexibility index (Phi) is 4.86.